The molecule has 1 amide bonds. The van der Waals surface area contributed by atoms with E-state index in [-0.39, 0.29) is 0 Å². The third kappa shape index (κ3) is 5.67. The lowest BCUT2D eigenvalue weighted by Crippen LogP contribution is -2.63. The highest BCUT2D eigenvalue weighted by Crippen LogP contribution is 2.24. The summed E-state index contributed by atoms with van der Waals surface area (Å²) >= 11 is 10.7. The van der Waals surface area contributed by atoms with Crippen LogP contribution in [0.25, 0.3) is 0 Å². The Hall–Kier alpha value is -1.15. The fourth-order valence-corrected chi connectivity index (χ4v) is 3.22. The molecule has 14 heteroatoms. The molecule has 11 nitrogen and oxygen atoms in total. The van der Waals surface area contributed by atoms with Crippen LogP contribution in [0.4, 0.5) is 0 Å². The van der Waals surface area contributed by atoms with Gasteiger partial charge in [-0.15, -0.1) is 0 Å². The first kappa shape index (κ1) is 22.9. The molecule has 0 saturated carbocycles. The van der Waals surface area contributed by atoms with Crippen molar-refractivity contribution in [3.63, 3.8) is 0 Å². The smallest absolute Gasteiger partial charge is 0.370 e. The summed E-state index contributed by atoms with van der Waals surface area (Å²) in [5.41, 5.74) is 0. The van der Waals surface area contributed by atoms with E-state index in [1.807, 2.05) is 4.72 Å². The summed E-state index contributed by atoms with van der Waals surface area (Å²) in [6.07, 6.45) is -4.40. The summed E-state index contributed by atoms with van der Waals surface area (Å²) in [4.78, 5) is 22.7. The Morgan fingerprint density at radius 3 is 2.35 bits per heavy atom. The minimum Gasteiger partial charge on any atom is -0.478 e. The number of ether oxygens (including phenoxy) is 1. The van der Waals surface area contributed by atoms with Crippen LogP contribution < -0.4 is 10.0 Å². The quantitative estimate of drug-likeness (QED) is 0.226. The first-order valence-corrected chi connectivity index (χ1v) is 9.47. The molecule has 0 aliphatic carbocycles. The normalized spacial score (nSPS) is 25.8. The highest BCUT2D eigenvalue weighted by atomic mass is 35.5. The summed E-state index contributed by atoms with van der Waals surface area (Å²) in [6.45, 7) is 0.182. The predicted molar refractivity (Wildman–Crippen MR) is 88.6 cm³/mol. The van der Waals surface area contributed by atoms with Crippen LogP contribution in [0.5, 0.6) is 0 Å². The number of hydrogen-bond acceptors (Lipinski definition) is 8. The topological polar surface area (TPSA) is 182 Å². The van der Waals surface area contributed by atoms with E-state index in [0.29, 0.717) is 0 Å². The average molecular weight is 437 g/mol. The minimum atomic E-state index is -4.35. The summed E-state index contributed by atoms with van der Waals surface area (Å²) in [6, 6.07) is -2.79. The molecule has 0 aromatic carbocycles. The lowest BCUT2D eigenvalue weighted by Gasteiger charge is -2.39. The minimum absolute atomic E-state index is 0.668. The molecule has 1 unspecified atom stereocenters. The zero-order chi connectivity index (χ0) is 20.2. The van der Waals surface area contributed by atoms with Gasteiger partial charge in [0.05, 0.1) is 18.7 Å². The molecule has 0 aromatic rings. The number of carboxylic acids is 1. The van der Waals surface area contributed by atoms with E-state index in [2.05, 4.69) is 5.32 Å². The van der Waals surface area contributed by atoms with E-state index in [0.717, 1.165) is 13.0 Å². The van der Waals surface area contributed by atoms with Crippen molar-refractivity contribution in [3.05, 3.63) is 11.8 Å². The van der Waals surface area contributed by atoms with Gasteiger partial charge in [-0.3, -0.25) is 4.79 Å². The SMILES string of the molecule is CC(=O)N[C@H]1[C@H]([C@H](O)C(O)CO)OC(C(=O)O)=C[C@@H]1NS(=O)(=O)C(Cl)Cl. The van der Waals surface area contributed by atoms with Crippen molar-refractivity contribution >= 4 is 45.1 Å². The number of nitrogens with one attached hydrogen (secondary N) is 2. The second-order valence-electron chi connectivity index (χ2n) is 5.33. The van der Waals surface area contributed by atoms with Crippen LogP contribution in [-0.4, -0.2) is 81.9 Å². The molecule has 1 aliphatic heterocycles. The maximum absolute atomic E-state index is 11.9. The van der Waals surface area contributed by atoms with Crippen LogP contribution in [0.2, 0.25) is 0 Å². The third-order valence-corrected chi connectivity index (χ3v) is 5.85. The molecule has 0 aromatic heterocycles. The number of carbonyl (C=O) groups is 2. The zero-order valence-electron chi connectivity index (χ0n) is 13.2. The molecule has 150 valence electrons. The number of hydrogen-bond donors (Lipinski definition) is 6. The number of carboxylic acid groups (broad SMARTS) is 1. The van der Waals surface area contributed by atoms with Gasteiger partial charge in [0.15, 0.2) is 0 Å². The van der Waals surface area contributed by atoms with Crippen molar-refractivity contribution in [2.45, 2.75) is 41.5 Å². The number of alkyl halides is 2. The van der Waals surface area contributed by atoms with Crippen LogP contribution in [0.3, 0.4) is 0 Å². The van der Waals surface area contributed by atoms with Gasteiger partial charge in [-0.05, 0) is 6.08 Å². The standard InChI is InChI=1S/C12H18Cl2N2O9S/c1-4(18)15-8-5(16-26(23,24)12(13)14)2-7(11(21)22)25-10(8)9(20)6(19)3-17/h2,5-6,8-10,12,16-17,19-20H,3H2,1H3,(H,15,18)(H,21,22)/t5-,6?,8+,9+,10+/m0/s1. The molecule has 1 heterocycles. The first-order valence-electron chi connectivity index (χ1n) is 7.05. The van der Waals surface area contributed by atoms with E-state index in [4.69, 9.17) is 38.2 Å². The third-order valence-electron chi connectivity index (χ3n) is 3.37. The van der Waals surface area contributed by atoms with E-state index in [1.54, 1.807) is 0 Å². The van der Waals surface area contributed by atoms with Gasteiger partial charge in [0.25, 0.3) is 0 Å². The van der Waals surface area contributed by atoms with E-state index in [1.165, 1.54) is 0 Å². The van der Waals surface area contributed by atoms with Gasteiger partial charge >= 0.3 is 5.97 Å². The Balaban J connectivity index is 3.36. The van der Waals surface area contributed by atoms with Gasteiger partial charge in [-0.1, -0.05) is 23.2 Å². The molecule has 1 rings (SSSR count). The highest BCUT2D eigenvalue weighted by molar-refractivity contribution is 7.92. The maximum atomic E-state index is 11.9. The molecular weight excluding hydrogens is 419 g/mol. The number of amides is 1. The van der Waals surface area contributed by atoms with Crippen LogP contribution in [-0.2, 0) is 24.3 Å². The monoisotopic (exact) mass is 436 g/mol. The van der Waals surface area contributed by atoms with Crippen LogP contribution in [0.15, 0.2) is 11.8 Å². The molecule has 0 saturated heterocycles. The molecule has 0 bridgehead atoms. The fourth-order valence-electron chi connectivity index (χ4n) is 2.22. The molecule has 26 heavy (non-hydrogen) atoms. The molecule has 1 aliphatic rings. The Bertz CT molecular complexity index is 670. The molecule has 6 N–H and O–H groups in total. The predicted octanol–water partition coefficient (Wildman–Crippen LogP) is -2.38. The van der Waals surface area contributed by atoms with Crippen molar-refractivity contribution in [3.8, 4) is 0 Å². The van der Waals surface area contributed by atoms with Gasteiger partial charge in [0.1, 0.15) is 18.3 Å². The Labute approximate surface area is 158 Å². The Morgan fingerprint density at radius 1 is 1.35 bits per heavy atom. The highest BCUT2D eigenvalue weighted by Gasteiger charge is 2.45. The van der Waals surface area contributed by atoms with Gasteiger partial charge in [-0.25, -0.2) is 17.9 Å². The summed E-state index contributed by atoms with van der Waals surface area (Å²) in [5, 5.41) is 40.1. The number of aliphatic carboxylic acids is 1. The van der Waals surface area contributed by atoms with Crippen molar-refractivity contribution in [2.24, 2.45) is 0 Å². The zero-order valence-corrected chi connectivity index (χ0v) is 15.6. The van der Waals surface area contributed by atoms with Crippen molar-refractivity contribution in [1.29, 1.82) is 0 Å². The first-order chi connectivity index (χ1) is 11.9. The van der Waals surface area contributed by atoms with Gasteiger partial charge in [0, 0.05) is 6.92 Å². The largest absolute Gasteiger partial charge is 0.478 e. The maximum Gasteiger partial charge on any atom is 0.370 e. The van der Waals surface area contributed by atoms with Crippen LogP contribution in [0.1, 0.15) is 6.92 Å². The second-order valence-corrected chi connectivity index (χ2v) is 8.75. The lowest BCUT2D eigenvalue weighted by molar-refractivity contribution is -0.146. The van der Waals surface area contributed by atoms with Crippen LogP contribution >= 0.6 is 23.2 Å². The molecule has 0 fully saturated rings. The number of halogens is 2. The molecule has 5 atom stereocenters. The summed E-state index contributed by atoms with van der Waals surface area (Å²) < 4.78 is 29.0. The van der Waals surface area contributed by atoms with Crippen LogP contribution in [0, 0.1) is 0 Å². The van der Waals surface area contributed by atoms with Crippen molar-refractivity contribution in [1.82, 2.24) is 10.0 Å². The number of aliphatic hydroxyl groups excluding tert-OH is 3. The average Bonchev–Trinajstić information content (AvgIpc) is 2.53. The fraction of sp³-hybridized carbons (Fsp3) is 0.667. The molecular formula is C12H18Cl2N2O9S. The molecule has 0 radical (unpaired) electrons. The van der Waals surface area contributed by atoms with Gasteiger partial charge in [-0.2, -0.15) is 0 Å². The second kappa shape index (κ2) is 9.17. The number of aliphatic hydroxyl groups is 3. The molecule has 0 spiro atoms. The summed E-state index contributed by atoms with van der Waals surface area (Å²) in [5.74, 6) is -3.02. The lowest BCUT2D eigenvalue weighted by atomic mass is 9.92. The number of sulfonamides is 1. The van der Waals surface area contributed by atoms with E-state index in [9.17, 15) is 28.2 Å². The summed E-state index contributed by atoms with van der Waals surface area (Å²) in [7, 11) is -4.35. The Morgan fingerprint density at radius 2 is 1.92 bits per heavy atom. The van der Waals surface area contributed by atoms with Gasteiger partial charge in [0.2, 0.25) is 25.9 Å². The number of carbonyl (C=O) groups excluding carboxylic acids is 1. The Kier molecular flexibility index (Phi) is 8.07. The van der Waals surface area contributed by atoms with Crippen molar-refractivity contribution < 1.29 is 43.2 Å². The van der Waals surface area contributed by atoms with Gasteiger partial charge < -0.3 is 30.5 Å². The number of rotatable bonds is 8. The van der Waals surface area contributed by atoms with E-state index < -0.39 is 68.8 Å². The van der Waals surface area contributed by atoms with Crippen molar-refractivity contribution in [2.75, 3.05) is 6.61 Å². The van der Waals surface area contributed by atoms with E-state index >= 15 is 0 Å².